The summed E-state index contributed by atoms with van der Waals surface area (Å²) in [5.41, 5.74) is 0.776. The quantitative estimate of drug-likeness (QED) is 0.706. The van der Waals surface area contributed by atoms with E-state index in [1.54, 1.807) is 17.0 Å². The smallest absolute Gasteiger partial charge is 0.257 e. The molecule has 0 aliphatic carbocycles. The molecule has 32 heavy (non-hydrogen) atoms. The molecule has 3 heterocycles. The third-order valence-electron chi connectivity index (χ3n) is 5.99. The maximum atomic E-state index is 13.0. The van der Waals surface area contributed by atoms with Crippen molar-refractivity contribution in [2.45, 2.75) is 36.6 Å². The number of piperidine rings is 1. The SMILES string of the molecule is COc1ccc(C(=O)NC2CCN(C(=O)c3ccoc3)CC2)cc1S(=O)(=O)N1CCCC1. The Morgan fingerprint density at radius 1 is 1.06 bits per heavy atom. The molecule has 2 aliphatic heterocycles. The van der Waals surface area contributed by atoms with E-state index in [-0.39, 0.29) is 34.1 Å². The van der Waals surface area contributed by atoms with Crippen molar-refractivity contribution in [2.75, 3.05) is 33.3 Å². The van der Waals surface area contributed by atoms with Crippen molar-refractivity contribution in [1.29, 1.82) is 0 Å². The predicted molar refractivity (Wildman–Crippen MR) is 116 cm³/mol. The summed E-state index contributed by atoms with van der Waals surface area (Å²) in [4.78, 5) is 27.0. The Hall–Kier alpha value is -2.85. The lowest BCUT2D eigenvalue weighted by atomic mass is 10.0. The number of methoxy groups -OCH3 is 1. The second kappa shape index (κ2) is 9.33. The van der Waals surface area contributed by atoms with Gasteiger partial charge in [0.1, 0.15) is 16.9 Å². The number of nitrogens with one attached hydrogen (secondary N) is 1. The van der Waals surface area contributed by atoms with Gasteiger partial charge < -0.3 is 19.4 Å². The molecule has 0 spiro atoms. The van der Waals surface area contributed by atoms with Crippen LogP contribution in [0, 0.1) is 0 Å². The Kier molecular flexibility index (Phi) is 6.52. The number of nitrogens with zero attached hydrogens (tertiary/aromatic N) is 2. The van der Waals surface area contributed by atoms with Gasteiger partial charge in [-0.25, -0.2) is 8.42 Å². The number of likely N-dealkylation sites (tertiary alicyclic amines) is 1. The minimum Gasteiger partial charge on any atom is -0.495 e. The first-order valence-electron chi connectivity index (χ1n) is 10.7. The first kappa shape index (κ1) is 22.3. The summed E-state index contributed by atoms with van der Waals surface area (Å²) in [5.74, 6) is -0.208. The van der Waals surface area contributed by atoms with Crippen molar-refractivity contribution in [3.63, 3.8) is 0 Å². The molecule has 0 atom stereocenters. The molecule has 2 amide bonds. The fraction of sp³-hybridized carbons (Fsp3) is 0.455. The van der Waals surface area contributed by atoms with Crippen LogP contribution in [-0.2, 0) is 10.0 Å². The highest BCUT2D eigenvalue weighted by Gasteiger charge is 2.31. The van der Waals surface area contributed by atoms with Crippen LogP contribution in [0.4, 0.5) is 0 Å². The van der Waals surface area contributed by atoms with Crippen LogP contribution >= 0.6 is 0 Å². The standard InChI is InChI=1S/C22H27N3O6S/c1-30-19-5-4-16(14-20(19)32(28,29)25-9-2-3-10-25)21(26)23-18-6-11-24(12-7-18)22(27)17-8-13-31-15-17/h4-5,8,13-15,18H,2-3,6-7,9-12H2,1H3,(H,23,26). The second-order valence-corrected chi connectivity index (χ2v) is 9.94. The molecular formula is C22H27N3O6S. The molecule has 1 N–H and O–H groups in total. The Bertz CT molecular complexity index is 1070. The zero-order chi connectivity index (χ0) is 22.7. The molecule has 10 heteroatoms. The predicted octanol–water partition coefficient (Wildman–Crippen LogP) is 2.11. The number of carbonyl (C=O) groups is 2. The van der Waals surface area contributed by atoms with Crippen LogP contribution in [-0.4, -0.2) is 68.8 Å². The molecular weight excluding hydrogens is 434 g/mol. The highest BCUT2D eigenvalue weighted by molar-refractivity contribution is 7.89. The Morgan fingerprint density at radius 2 is 1.78 bits per heavy atom. The molecule has 0 bridgehead atoms. The van der Waals surface area contributed by atoms with Gasteiger partial charge in [-0.05, 0) is 49.9 Å². The maximum Gasteiger partial charge on any atom is 0.257 e. The summed E-state index contributed by atoms with van der Waals surface area (Å²) in [6.07, 6.45) is 5.77. The monoisotopic (exact) mass is 461 g/mol. The van der Waals surface area contributed by atoms with Gasteiger partial charge in [0.05, 0.1) is 18.9 Å². The number of furan rings is 1. The second-order valence-electron chi connectivity index (χ2n) is 8.03. The van der Waals surface area contributed by atoms with E-state index in [1.807, 2.05) is 0 Å². The largest absolute Gasteiger partial charge is 0.495 e. The highest BCUT2D eigenvalue weighted by atomic mass is 32.2. The number of sulfonamides is 1. The van der Waals surface area contributed by atoms with E-state index in [0.29, 0.717) is 44.6 Å². The third-order valence-corrected chi connectivity index (χ3v) is 7.91. The van der Waals surface area contributed by atoms with Gasteiger partial charge in [0.25, 0.3) is 11.8 Å². The third kappa shape index (κ3) is 4.51. The van der Waals surface area contributed by atoms with Crippen molar-refractivity contribution in [2.24, 2.45) is 0 Å². The number of ether oxygens (including phenoxy) is 1. The first-order chi connectivity index (χ1) is 15.4. The van der Waals surface area contributed by atoms with Crippen LogP contribution in [0.2, 0.25) is 0 Å². The van der Waals surface area contributed by atoms with Gasteiger partial charge >= 0.3 is 0 Å². The van der Waals surface area contributed by atoms with Crippen LogP contribution in [0.3, 0.4) is 0 Å². The van der Waals surface area contributed by atoms with Crippen molar-refractivity contribution in [1.82, 2.24) is 14.5 Å². The highest BCUT2D eigenvalue weighted by Crippen LogP contribution is 2.30. The molecule has 0 unspecified atom stereocenters. The lowest BCUT2D eigenvalue weighted by Gasteiger charge is -2.32. The molecule has 172 valence electrons. The number of amides is 2. The fourth-order valence-corrected chi connectivity index (χ4v) is 5.85. The van der Waals surface area contributed by atoms with E-state index in [2.05, 4.69) is 5.32 Å². The molecule has 2 fully saturated rings. The van der Waals surface area contributed by atoms with E-state index in [0.717, 1.165) is 12.8 Å². The number of benzene rings is 1. The summed E-state index contributed by atoms with van der Waals surface area (Å²) in [6.45, 7) is 1.98. The summed E-state index contributed by atoms with van der Waals surface area (Å²) in [5, 5.41) is 2.97. The van der Waals surface area contributed by atoms with Crippen LogP contribution in [0.15, 0.2) is 46.1 Å². The lowest BCUT2D eigenvalue weighted by Crippen LogP contribution is -2.46. The zero-order valence-electron chi connectivity index (χ0n) is 18.0. The molecule has 0 saturated carbocycles. The van der Waals surface area contributed by atoms with Gasteiger partial charge in [0.15, 0.2) is 0 Å². The first-order valence-corrected chi connectivity index (χ1v) is 12.1. The molecule has 2 saturated heterocycles. The van der Waals surface area contributed by atoms with Crippen LogP contribution in [0.25, 0.3) is 0 Å². The molecule has 2 aliphatic rings. The van der Waals surface area contributed by atoms with Crippen molar-refractivity contribution in [3.8, 4) is 5.75 Å². The van der Waals surface area contributed by atoms with Gasteiger partial charge in [-0.15, -0.1) is 0 Å². The van der Waals surface area contributed by atoms with Gasteiger partial charge in [-0.2, -0.15) is 4.31 Å². The molecule has 2 aromatic rings. The van der Waals surface area contributed by atoms with E-state index >= 15 is 0 Å². The van der Waals surface area contributed by atoms with E-state index < -0.39 is 10.0 Å². The summed E-state index contributed by atoms with van der Waals surface area (Å²) >= 11 is 0. The van der Waals surface area contributed by atoms with E-state index in [1.165, 1.54) is 36.1 Å². The van der Waals surface area contributed by atoms with Gasteiger partial charge in [-0.3, -0.25) is 9.59 Å². The summed E-state index contributed by atoms with van der Waals surface area (Å²) < 4.78 is 37.8. The summed E-state index contributed by atoms with van der Waals surface area (Å²) in [7, 11) is -2.32. The number of rotatable bonds is 6. The number of carbonyl (C=O) groups excluding carboxylic acids is 2. The molecule has 1 aromatic heterocycles. The number of hydrogen-bond donors (Lipinski definition) is 1. The molecule has 9 nitrogen and oxygen atoms in total. The number of hydrogen-bond acceptors (Lipinski definition) is 6. The minimum atomic E-state index is -3.73. The van der Waals surface area contributed by atoms with Crippen molar-refractivity contribution >= 4 is 21.8 Å². The van der Waals surface area contributed by atoms with Crippen molar-refractivity contribution < 1.29 is 27.2 Å². The fourth-order valence-electron chi connectivity index (χ4n) is 4.15. The average Bonchev–Trinajstić information content (AvgIpc) is 3.53. The Labute approximate surface area is 187 Å². The summed E-state index contributed by atoms with van der Waals surface area (Å²) in [6, 6.07) is 6.00. The van der Waals surface area contributed by atoms with Gasteiger partial charge in [-0.1, -0.05) is 0 Å². The van der Waals surface area contributed by atoms with Crippen LogP contribution in [0.1, 0.15) is 46.4 Å². The van der Waals surface area contributed by atoms with Gasteiger partial charge in [0.2, 0.25) is 10.0 Å². The van der Waals surface area contributed by atoms with Crippen molar-refractivity contribution in [3.05, 3.63) is 47.9 Å². The Balaban J connectivity index is 1.42. The topological polar surface area (TPSA) is 109 Å². The lowest BCUT2D eigenvalue weighted by molar-refractivity contribution is 0.0697. The Morgan fingerprint density at radius 3 is 2.41 bits per heavy atom. The molecule has 0 radical (unpaired) electrons. The zero-order valence-corrected chi connectivity index (χ0v) is 18.8. The maximum absolute atomic E-state index is 13.0. The van der Waals surface area contributed by atoms with Crippen LogP contribution in [0.5, 0.6) is 5.75 Å². The van der Waals surface area contributed by atoms with Gasteiger partial charge in [0, 0.05) is 37.8 Å². The minimum absolute atomic E-state index is 0.00933. The van der Waals surface area contributed by atoms with E-state index in [9.17, 15) is 18.0 Å². The average molecular weight is 462 g/mol. The molecule has 4 rings (SSSR count). The van der Waals surface area contributed by atoms with E-state index in [4.69, 9.17) is 9.15 Å². The molecule has 1 aromatic carbocycles. The van der Waals surface area contributed by atoms with Crippen LogP contribution < -0.4 is 10.1 Å². The normalized spacial score (nSPS) is 18.0.